The molecule has 0 bridgehead atoms. The van der Waals surface area contributed by atoms with Gasteiger partial charge in [-0.2, -0.15) is 0 Å². The second kappa shape index (κ2) is 3.74. The van der Waals surface area contributed by atoms with Gasteiger partial charge in [0.2, 0.25) is 0 Å². The van der Waals surface area contributed by atoms with Crippen LogP contribution in [0.2, 0.25) is 0 Å². The van der Waals surface area contributed by atoms with Gasteiger partial charge in [-0.05, 0) is 13.0 Å². The van der Waals surface area contributed by atoms with E-state index in [2.05, 4.69) is 15.0 Å². The zero-order valence-corrected chi connectivity index (χ0v) is 8.65. The van der Waals surface area contributed by atoms with E-state index in [1.54, 1.807) is 19.2 Å². The molecule has 2 rings (SSSR count). The van der Waals surface area contributed by atoms with Gasteiger partial charge in [0.1, 0.15) is 16.5 Å². The Kier molecular flexibility index (Phi) is 2.42. The molecular formula is C9H7N3O2S. The topological polar surface area (TPSA) is 76.0 Å². The van der Waals surface area contributed by atoms with Crippen LogP contribution < -0.4 is 0 Å². The third kappa shape index (κ3) is 1.99. The van der Waals surface area contributed by atoms with Gasteiger partial charge in [-0.15, -0.1) is 11.3 Å². The first-order chi connectivity index (χ1) is 7.16. The second-order valence-corrected chi connectivity index (χ2v) is 3.69. The highest BCUT2D eigenvalue weighted by Gasteiger charge is 2.10. The summed E-state index contributed by atoms with van der Waals surface area (Å²) in [6, 6.07) is 1.71. The minimum absolute atomic E-state index is 0.0475. The molecule has 0 fully saturated rings. The number of carboxylic acid groups (broad SMARTS) is 1. The van der Waals surface area contributed by atoms with Gasteiger partial charge in [0.15, 0.2) is 5.69 Å². The van der Waals surface area contributed by atoms with Crippen LogP contribution >= 0.6 is 11.3 Å². The van der Waals surface area contributed by atoms with Gasteiger partial charge in [0, 0.05) is 11.6 Å². The molecule has 0 radical (unpaired) electrons. The Bertz CT molecular complexity index is 510. The van der Waals surface area contributed by atoms with E-state index in [1.807, 2.05) is 0 Å². The molecular weight excluding hydrogens is 214 g/mol. The lowest BCUT2D eigenvalue weighted by Gasteiger charge is -1.95. The van der Waals surface area contributed by atoms with Crippen LogP contribution in [0.3, 0.4) is 0 Å². The van der Waals surface area contributed by atoms with E-state index in [0.29, 0.717) is 16.5 Å². The molecule has 0 atom stereocenters. The van der Waals surface area contributed by atoms with Gasteiger partial charge in [-0.1, -0.05) is 0 Å². The Hall–Kier alpha value is -1.82. The summed E-state index contributed by atoms with van der Waals surface area (Å²) in [6.07, 6.45) is 1.62. The second-order valence-electron chi connectivity index (χ2n) is 2.83. The minimum atomic E-state index is -1.02. The van der Waals surface area contributed by atoms with E-state index >= 15 is 0 Å². The summed E-state index contributed by atoms with van der Waals surface area (Å²) < 4.78 is 0. The van der Waals surface area contributed by atoms with Crippen LogP contribution in [0.1, 0.15) is 16.3 Å². The molecule has 6 heteroatoms. The van der Waals surface area contributed by atoms with E-state index in [4.69, 9.17) is 5.11 Å². The van der Waals surface area contributed by atoms with Gasteiger partial charge in [-0.3, -0.25) is 0 Å². The number of aromatic carboxylic acids is 1. The van der Waals surface area contributed by atoms with Gasteiger partial charge in [0.25, 0.3) is 0 Å². The highest BCUT2D eigenvalue weighted by Crippen LogP contribution is 2.21. The summed E-state index contributed by atoms with van der Waals surface area (Å²) in [7, 11) is 0. The number of carbonyl (C=O) groups is 1. The molecule has 2 aromatic rings. The lowest BCUT2D eigenvalue weighted by atomic mass is 10.4. The minimum Gasteiger partial charge on any atom is -0.476 e. The number of rotatable bonds is 2. The van der Waals surface area contributed by atoms with Gasteiger partial charge in [0.05, 0.1) is 0 Å². The molecule has 0 spiro atoms. The first kappa shape index (κ1) is 9.72. The highest BCUT2D eigenvalue weighted by molar-refractivity contribution is 7.13. The molecule has 76 valence electrons. The molecule has 1 N–H and O–H groups in total. The molecule has 0 aliphatic heterocycles. The Balaban J connectivity index is 2.41. The average Bonchev–Trinajstić information content (AvgIpc) is 2.66. The summed E-state index contributed by atoms with van der Waals surface area (Å²) in [6.45, 7) is 1.77. The fourth-order valence-electron chi connectivity index (χ4n) is 1.06. The van der Waals surface area contributed by atoms with Crippen LogP contribution in [0.4, 0.5) is 0 Å². The Morgan fingerprint density at radius 3 is 2.87 bits per heavy atom. The van der Waals surface area contributed by atoms with E-state index in [0.717, 1.165) is 0 Å². The average molecular weight is 221 g/mol. The van der Waals surface area contributed by atoms with E-state index in [-0.39, 0.29) is 5.69 Å². The normalized spacial score (nSPS) is 10.2. The maximum absolute atomic E-state index is 10.6. The number of aryl methyl sites for hydroxylation is 1. The molecule has 0 aliphatic rings. The van der Waals surface area contributed by atoms with Crippen molar-refractivity contribution in [3.05, 3.63) is 29.2 Å². The lowest BCUT2D eigenvalue weighted by Crippen LogP contribution is -1.96. The van der Waals surface area contributed by atoms with Crippen LogP contribution in [-0.4, -0.2) is 26.0 Å². The van der Waals surface area contributed by atoms with E-state index in [9.17, 15) is 4.79 Å². The predicted octanol–water partition coefficient (Wildman–Crippen LogP) is 1.61. The van der Waals surface area contributed by atoms with Crippen LogP contribution in [-0.2, 0) is 0 Å². The van der Waals surface area contributed by atoms with Crippen molar-refractivity contribution in [1.29, 1.82) is 0 Å². The van der Waals surface area contributed by atoms with Crippen molar-refractivity contribution in [2.24, 2.45) is 0 Å². The summed E-state index contributed by atoms with van der Waals surface area (Å²) in [5.74, 6) is -0.386. The lowest BCUT2D eigenvalue weighted by molar-refractivity contribution is 0.0691. The Morgan fingerprint density at radius 2 is 2.27 bits per heavy atom. The summed E-state index contributed by atoms with van der Waals surface area (Å²) >= 11 is 1.26. The molecule has 0 amide bonds. The molecule has 5 nitrogen and oxygen atoms in total. The monoisotopic (exact) mass is 221 g/mol. The fourth-order valence-corrected chi connectivity index (χ4v) is 1.83. The molecule has 2 aromatic heterocycles. The van der Waals surface area contributed by atoms with E-state index < -0.39 is 5.97 Å². The van der Waals surface area contributed by atoms with Crippen molar-refractivity contribution in [3.63, 3.8) is 0 Å². The molecule has 2 heterocycles. The molecule has 0 saturated carbocycles. The van der Waals surface area contributed by atoms with E-state index in [1.165, 1.54) is 16.7 Å². The number of thiazole rings is 1. The predicted molar refractivity (Wildman–Crippen MR) is 54.8 cm³/mol. The molecule has 0 unspecified atom stereocenters. The summed E-state index contributed by atoms with van der Waals surface area (Å²) in [5, 5.41) is 10.8. The molecule has 0 aromatic carbocycles. The number of nitrogens with zero attached hydrogens (tertiary/aromatic N) is 3. The number of aromatic nitrogens is 3. The number of hydrogen-bond donors (Lipinski definition) is 1. The van der Waals surface area contributed by atoms with Crippen LogP contribution in [0.25, 0.3) is 10.7 Å². The number of carboxylic acids is 1. The standard InChI is InChI=1S/C9H7N3O2S/c1-5-10-3-2-6(11-5)8-12-7(4-15-8)9(13)14/h2-4H,1H3,(H,13,14). The van der Waals surface area contributed by atoms with Crippen molar-refractivity contribution >= 4 is 17.3 Å². The van der Waals surface area contributed by atoms with Crippen molar-refractivity contribution in [2.45, 2.75) is 6.92 Å². The van der Waals surface area contributed by atoms with Crippen LogP contribution in [0, 0.1) is 6.92 Å². The maximum atomic E-state index is 10.6. The van der Waals surface area contributed by atoms with Crippen molar-refractivity contribution < 1.29 is 9.90 Å². The first-order valence-electron chi connectivity index (χ1n) is 4.15. The summed E-state index contributed by atoms with van der Waals surface area (Å²) in [5.41, 5.74) is 0.700. The van der Waals surface area contributed by atoms with Gasteiger partial charge >= 0.3 is 5.97 Å². The maximum Gasteiger partial charge on any atom is 0.355 e. The molecule has 0 aliphatic carbocycles. The van der Waals surface area contributed by atoms with Crippen molar-refractivity contribution in [2.75, 3.05) is 0 Å². The third-order valence-electron chi connectivity index (χ3n) is 1.72. The van der Waals surface area contributed by atoms with Gasteiger partial charge in [-0.25, -0.2) is 19.7 Å². The fraction of sp³-hybridized carbons (Fsp3) is 0.111. The largest absolute Gasteiger partial charge is 0.476 e. The Labute approximate surface area is 89.5 Å². The quantitative estimate of drug-likeness (QED) is 0.833. The van der Waals surface area contributed by atoms with Crippen LogP contribution in [0.5, 0.6) is 0 Å². The smallest absolute Gasteiger partial charge is 0.355 e. The third-order valence-corrected chi connectivity index (χ3v) is 2.58. The molecule has 15 heavy (non-hydrogen) atoms. The van der Waals surface area contributed by atoms with Crippen LogP contribution in [0.15, 0.2) is 17.6 Å². The van der Waals surface area contributed by atoms with Crippen molar-refractivity contribution in [3.8, 4) is 10.7 Å². The zero-order valence-electron chi connectivity index (χ0n) is 7.84. The number of hydrogen-bond acceptors (Lipinski definition) is 5. The highest BCUT2D eigenvalue weighted by atomic mass is 32.1. The molecule has 0 saturated heterocycles. The Morgan fingerprint density at radius 1 is 1.47 bits per heavy atom. The SMILES string of the molecule is Cc1nccc(-c2nc(C(=O)O)cs2)n1. The zero-order chi connectivity index (χ0) is 10.8. The van der Waals surface area contributed by atoms with Crippen molar-refractivity contribution in [1.82, 2.24) is 15.0 Å². The van der Waals surface area contributed by atoms with Gasteiger partial charge < -0.3 is 5.11 Å². The summed E-state index contributed by atoms with van der Waals surface area (Å²) in [4.78, 5) is 22.7. The first-order valence-corrected chi connectivity index (χ1v) is 5.03.